The standard InChI is InChI=1S/C19H15Br2NO4S/c1-11-3-2-4-13(7-11)26-6-5-22-18(24)16(27-19(22)25)10-12-8-14(20)17(23)15(21)9-12/h2-4,7-10,23H,5-6H2,1H3/b16-10-. The minimum atomic E-state index is -0.349. The molecule has 140 valence electrons. The molecule has 2 aromatic rings. The second kappa shape index (κ2) is 8.50. The average molecular weight is 513 g/mol. The van der Waals surface area contributed by atoms with Gasteiger partial charge in [0.2, 0.25) is 0 Å². The van der Waals surface area contributed by atoms with Crippen LogP contribution < -0.4 is 4.74 Å². The number of imide groups is 1. The van der Waals surface area contributed by atoms with Crippen molar-refractivity contribution in [3.05, 3.63) is 61.4 Å². The van der Waals surface area contributed by atoms with Gasteiger partial charge < -0.3 is 9.84 Å². The molecule has 0 aliphatic carbocycles. The van der Waals surface area contributed by atoms with Gasteiger partial charge in [0, 0.05) is 0 Å². The van der Waals surface area contributed by atoms with Gasteiger partial charge in [-0.1, -0.05) is 12.1 Å². The van der Waals surface area contributed by atoms with Crippen molar-refractivity contribution in [2.45, 2.75) is 6.92 Å². The van der Waals surface area contributed by atoms with Crippen LogP contribution in [0.5, 0.6) is 11.5 Å². The fourth-order valence-electron chi connectivity index (χ4n) is 2.47. The first kappa shape index (κ1) is 20.0. The number of phenolic OH excluding ortho intramolecular Hbond substituents is 1. The summed E-state index contributed by atoms with van der Waals surface area (Å²) in [6.07, 6.45) is 1.63. The molecule has 0 spiro atoms. The number of amides is 2. The van der Waals surface area contributed by atoms with Crippen molar-refractivity contribution in [1.29, 1.82) is 0 Å². The highest BCUT2D eigenvalue weighted by Gasteiger charge is 2.34. The predicted octanol–water partition coefficient (Wildman–Crippen LogP) is 5.34. The quantitative estimate of drug-likeness (QED) is 0.547. The number of thioether (sulfide) groups is 1. The largest absolute Gasteiger partial charge is 0.506 e. The Balaban J connectivity index is 1.67. The highest BCUT2D eigenvalue weighted by Crippen LogP contribution is 2.36. The van der Waals surface area contributed by atoms with E-state index in [2.05, 4.69) is 31.9 Å². The number of benzene rings is 2. The van der Waals surface area contributed by atoms with Gasteiger partial charge >= 0.3 is 0 Å². The van der Waals surface area contributed by atoms with Crippen LogP contribution >= 0.6 is 43.6 Å². The number of phenols is 1. The van der Waals surface area contributed by atoms with E-state index in [4.69, 9.17) is 4.74 Å². The highest BCUT2D eigenvalue weighted by atomic mass is 79.9. The zero-order valence-electron chi connectivity index (χ0n) is 14.2. The molecule has 0 unspecified atom stereocenters. The third-order valence-corrected chi connectivity index (χ3v) is 5.90. The SMILES string of the molecule is Cc1cccc(OCCN2C(=O)S/C(=C\c3cc(Br)c(O)c(Br)c3)C2=O)c1. The molecule has 3 rings (SSSR count). The van der Waals surface area contributed by atoms with Crippen LogP contribution in [-0.4, -0.2) is 34.3 Å². The number of aryl methyl sites for hydroxylation is 1. The molecule has 5 nitrogen and oxygen atoms in total. The number of ether oxygens (including phenoxy) is 1. The number of carbonyl (C=O) groups is 2. The van der Waals surface area contributed by atoms with Crippen LogP contribution in [-0.2, 0) is 4.79 Å². The number of halogens is 2. The van der Waals surface area contributed by atoms with Gasteiger partial charge in [-0.25, -0.2) is 0 Å². The lowest BCUT2D eigenvalue weighted by Crippen LogP contribution is -2.32. The Morgan fingerprint density at radius 3 is 2.56 bits per heavy atom. The molecule has 1 aliphatic heterocycles. The van der Waals surface area contributed by atoms with E-state index in [0.717, 1.165) is 17.3 Å². The van der Waals surface area contributed by atoms with E-state index in [-0.39, 0.29) is 30.0 Å². The Morgan fingerprint density at radius 1 is 1.19 bits per heavy atom. The Bertz CT molecular complexity index is 922. The van der Waals surface area contributed by atoms with Gasteiger partial charge in [0.25, 0.3) is 11.1 Å². The highest BCUT2D eigenvalue weighted by molar-refractivity contribution is 9.11. The second-order valence-electron chi connectivity index (χ2n) is 5.83. The molecule has 1 saturated heterocycles. The zero-order valence-corrected chi connectivity index (χ0v) is 18.2. The molecule has 0 bridgehead atoms. The van der Waals surface area contributed by atoms with Gasteiger partial charge in [-0.05, 0) is 92.0 Å². The zero-order chi connectivity index (χ0) is 19.6. The minimum Gasteiger partial charge on any atom is -0.506 e. The fraction of sp³-hybridized carbons (Fsp3) is 0.158. The van der Waals surface area contributed by atoms with Crippen LogP contribution in [0.4, 0.5) is 4.79 Å². The van der Waals surface area contributed by atoms with Gasteiger partial charge in [-0.3, -0.25) is 14.5 Å². The Morgan fingerprint density at radius 2 is 1.89 bits per heavy atom. The molecule has 2 aromatic carbocycles. The first-order valence-electron chi connectivity index (χ1n) is 7.98. The number of hydrogen-bond acceptors (Lipinski definition) is 5. The van der Waals surface area contributed by atoms with Gasteiger partial charge in [0.15, 0.2) is 0 Å². The van der Waals surface area contributed by atoms with Crippen LogP contribution in [0.15, 0.2) is 50.2 Å². The maximum absolute atomic E-state index is 12.5. The van der Waals surface area contributed by atoms with E-state index in [1.807, 2.05) is 31.2 Å². The van der Waals surface area contributed by atoms with Crippen LogP contribution in [0.2, 0.25) is 0 Å². The number of hydrogen-bond donors (Lipinski definition) is 1. The van der Waals surface area contributed by atoms with Crippen LogP contribution in [0, 0.1) is 6.92 Å². The van der Waals surface area contributed by atoms with E-state index in [0.29, 0.717) is 25.2 Å². The second-order valence-corrected chi connectivity index (χ2v) is 8.53. The van der Waals surface area contributed by atoms with Crippen LogP contribution in [0.3, 0.4) is 0 Å². The topological polar surface area (TPSA) is 66.8 Å². The first-order chi connectivity index (χ1) is 12.8. The molecule has 2 amide bonds. The van der Waals surface area contributed by atoms with E-state index in [9.17, 15) is 14.7 Å². The van der Waals surface area contributed by atoms with Crippen molar-refractivity contribution in [3.63, 3.8) is 0 Å². The predicted molar refractivity (Wildman–Crippen MR) is 113 cm³/mol. The molecular weight excluding hydrogens is 498 g/mol. The van der Waals surface area contributed by atoms with E-state index < -0.39 is 0 Å². The lowest BCUT2D eigenvalue weighted by Gasteiger charge is -2.13. The third kappa shape index (κ3) is 4.75. The van der Waals surface area contributed by atoms with E-state index >= 15 is 0 Å². The number of aromatic hydroxyl groups is 1. The minimum absolute atomic E-state index is 0.0774. The molecule has 0 atom stereocenters. The monoisotopic (exact) mass is 511 g/mol. The van der Waals surface area contributed by atoms with Crippen molar-refractivity contribution in [3.8, 4) is 11.5 Å². The molecule has 1 heterocycles. The third-order valence-electron chi connectivity index (χ3n) is 3.78. The normalized spacial score (nSPS) is 15.7. The molecule has 0 radical (unpaired) electrons. The molecule has 0 saturated carbocycles. The summed E-state index contributed by atoms with van der Waals surface area (Å²) in [4.78, 5) is 26.2. The molecule has 27 heavy (non-hydrogen) atoms. The fourth-order valence-corrected chi connectivity index (χ4v) is 4.56. The van der Waals surface area contributed by atoms with E-state index in [1.54, 1.807) is 18.2 Å². The summed E-state index contributed by atoms with van der Waals surface area (Å²) in [5.74, 6) is 0.433. The molecule has 1 fully saturated rings. The van der Waals surface area contributed by atoms with Crippen molar-refractivity contribution >= 4 is 60.8 Å². The Kier molecular flexibility index (Phi) is 6.29. The molecule has 8 heteroatoms. The lowest BCUT2D eigenvalue weighted by atomic mass is 10.2. The molecule has 1 aliphatic rings. The van der Waals surface area contributed by atoms with Crippen molar-refractivity contribution in [1.82, 2.24) is 4.90 Å². The smallest absolute Gasteiger partial charge is 0.293 e. The molecular formula is C19H15Br2NO4S. The summed E-state index contributed by atoms with van der Waals surface area (Å²) < 4.78 is 6.62. The summed E-state index contributed by atoms with van der Waals surface area (Å²) in [6, 6.07) is 10.9. The molecule has 0 aromatic heterocycles. The number of nitrogens with zero attached hydrogens (tertiary/aromatic N) is 1. The number of rotatable bonds is 5. The van der Waals surface area contributed by atoms with Crippen LogP contribution in [0.1, 0.15) is 11.1 Å². The van der Waals surface area contributed by atoms with Gasteiger partial charge in [-0.15, -0.1) is 0 Å². The summed E-state index contributed by atoms with van der Waals surface area (Å²) in [6.45, 7) is 2.37. The Labute approximate surface area is 177 Å². The van der Waals surface area contributed by atoms with Gasteiger partial charge in [0.1, 0.15) is 18.1 Å². The maximum atomic E-state index is 12.5. The average Bonchev–Trinajstić information content (AvgIpc) is 2.87. The van der Waals surface area contributed by atoms with Gasteiger partial charge in [-0.2, -0.15) is 0 Å². The van der Waals surface area contributed by atoms with Crippen LogP contribution in [0.25, 0.3) is 6.08 Å². The first-order valence-corrected chi connectivity index (χ1v) is 10.4. The molecule has 1 N–H and O–H groups in total. The maximum Gasteiger partial charge on any atom is 0.293 e. The summed E-state index contributed by atoms with van der Waals surface area (Å²) in [5.41, 5.74) is 1.76. The van der Waals surface area contributed by atoms with Gasteiger partial charge in [0.05, 0.1) is 20.4 Å². The summed E-state index contributed by atoms with van der Waals surface area (Å²) >= 11 is 7.39. The summed E-state index contributed by atoms with van der Waals surface area (Å²) in [7, 11) is 0. The van der Waals surface area contributed by atoms with E-state index in [1.165, 1.54) is 4.90 Å². The summed E-state index contributed by atoms with van der Waals surface area (Å²) in [5, 5.41) is 9.45. The van der Waals surface area contributed by atoms with Crippen molar-refractivity contribution in [2.24, 2.45) is 0 Å². The number of carbonyl (C=O) groups excluding carboxylic acids is 2. The Hall–Kier alpha value is -1.77. The lowest BCUT2D eigenvalue weighted by molar-refractivity contribution is -0.123. The van der Waals surface area contributed by atoms with Crippen molar-refractivity contribution < 1.29 is 19.4 Å². The van der Waals surface area contributed by atoms with Crippen molar-refractivity contribution in [2.75, 3.05) is 13.2 Å².